The van der Waals surface area contributed by atoms with E-state index in [1.165, 1.54) is 0 Å². The zero-order valence-corrected chi connectivity index (χ0v) is 14.5. The van der Waals surface area contributed by atoms with E-state index in [4.69, 9.17) is 16.3 Å². The molecule has 2 aromatic rings. The molecule has 0 saturated carbocycles. The average Bonchev–Trinajstić information content (AvgIpc) is 3.16. The molecule has 0 N–H and O–H groups in total. The lowest BCUT2D eigenvalue weighted by Crippen LogP contribution is -2.29. The van der Waals surface area contributed by atoms with E-state index in [2.05, 4.69) is 0 Å². The fraction of sp³-hybridized carbons (Fsp3) is 0.500. The van der Waals surface area contributed by atoms with Gasteiger partial charge in [-0.15, -0.1) is 0 Å². The molecule has 1 saturated heterocycles. The monoisotopic (exact) mass is 334 g/mol. The van der Waals surface area contributed by atoms with Gasteiger partial charge in [-0.05, 0) is 43.9 Å². The Morgan fingerprint density at radius 2 is 2.30 bits per heavy atom. The number of rotatable bonds is 5. The molecule has 1 aromatic carbocycles. The van der Waals surface area contributed by atoms with Crippen molar-refractivity contribution in [3.8, 4) is 0 Å². The lowest BCUT2D eigenvalue weighted by atomic mass is 10.1. The van der Waals surface area contributed by atoms with Crippen LogP contribution in [0, 0.1) is 0 Å². The van der Waals surface area contributed by atoms with Gasteiger partial charge in [0.05, 0.1) is 6.10 Å². The number of hydrogen-bond acceptors (Lipinski definition) is 2. The molecule has 1 aromatic heterocycles. The van der Waals surface area contributed by atoms with E-state index in [1.54, 1.807) is 4.90 Å². The number of hydrogen-bond donors (Lipinski definition) is 0. The molecule has 1 atom stereocenters. The molecule has 124 valence electrons. The quantitative estimate of drug-likeness (QED) is 0.832. The van der Waals surface area contributed by atoms with Crippen LogP contribution >= 0.6 is 11.6 Å². The van der Waals surface area contributed by atoms with Crippen molar-refractivity contribution in [2.24, 2.45) is 7.05 Å². The van der Waals surface area contributed by atoms with Gasteiger partial charge in [0, 0.05) is 43.2 Å². The summed E-state index contributed by atoms with van der Waals surface area (Å²) < 4.78 is 7.55. The molecule has 1 fully saturated rings. The zero-order chi connectivity index (χ0) is 16.4. The number of carbonyl (C=O) groups excluding carboxylic acids is 1. The molecular weight excluding hydrogens is 312 g/mol. The highest BCUT2D eigenvalue weighted by Crippen LogP contribution is 2.26. The summed E-state index contributed by atoms with van der Waals surface area (Å²) in [6.45, 7) is 1.63. The van der Waals surface area contributed by atoms with Crippen LogP contribution in [0.1, 0.15) is 36.2 Å². The molecule has 0 unspecified atom stereocenters. The topological polar surface area (TPSA) is 34.5 Å². The molecule has 2 heterocycles. The average molecular weight is 335 g/mol. The molecule has 23 heavy (non-hydrogen) atoms. The van der Waals surface area contributed by atoms with Gasteiger partial charge in [0.2, 0.25) is 0 Å². The molecule has 0 aliphatic carbocycles. The Morgan fingerprint density at radius 3 is 3.00 bits per heavy atom. The van der Waals surface area contributed by atoms with Crippen LogP contribution in [0.3, 0.4) is 0 Å². The molecule has 0 bridgehead atoms. The molecule has 5 heteroatoms. The lowest BCUT2D eigenvalue weighted by Gasteiger charge is -2.18. The van der Waals surface area contributed by atoms with Crippen LogP contribution < -0.4 is 0 Å². The molecule has 0 radical (unpaired) electrons. The summed E-state index contributed by atoms with van der Waals surface area (Å²) >= 11 is 6.23. The minimum Gasteiger partial charge on any atom is -0.378 e. The van der Waals surface area contributed by atoms with E-state index in [-0.39, 0.29) is 5.91 Å². The van der Waals surface area contributed by atoms with Gasteiger partial charge in [-0.1, -0.05) is 17.7 Å². The minimum absolute atomic E-state index is 0.0344. The van der Waals surface area contributed by atoms with E-state index in [0.717, 1.165) is 49.7 Å². The highest BCUT2D eigenvalue weighted by atomic mass is 35.5. The van der Waals surface area contributed by atoms with Crippen LogP contribution in [0.5, 0.6) is 0 Å². The Balaban J connectivity index is 1.67. The first-order valence-electron chi connectivity index (χ1n) is 8.19. The fourth-order valence-electron chi connectivity index (χ4n) is 3.25. The second kappa shape index (κ2) is 6.93. The van der Waals surface area contributed by atoms with Crippen LogP contribution in [0.2, 0.25) is 5.02 Å². The predicted octanol–water partition coefficient (Wildman–Crippen LogP) is 3.86. The molecule has 1 amide bonds. The van der Waals surface area contributed by atoms with Gasteiger partial charge in [-0.2, -0.15) is 0 Å². The Kier molecular flexibility index (Phi) is 4.93. The molecule has 4 nitrogen and oxygen atoms in total. The van der Waals surface area contributed by atoms with Crippen LogP contribution in [-0.2, 0) is 11.8 Å². The van der Waals surface area contributed by atoms with Gasteiger partial charge in [0.1, 0.15) is 5.69 Å². The van der Waals surface area contributed by atoms with Gasteiger partial charge < -0.3 is 14.2 Å². The Bertz CT molecular complexity index is 704. The summed E-state index contributed by atoms with van der Waals surface area (Å²) in [6.07, 6.45) is 4.70. The minimum atomic E-state index is 0.0344. The Labute approximate surface area is 142 Å². The molecule has 1 aliphatic heterocycles. The number of benzene rings is 1. The van der Waals surface area contributed by atoms with Crippen molar-refractivity contribution in [2.45, 2.75) is 31.8 Å². The maximum atomic E-state index is 12.7. The van der Waals surface area contributed by atoms with Crippen LogP contribution in [0.4, 0.5) is 0 Å². The smallest absolute Gasteiger partial charge is 0.270 e. The van der Waals surface area contributed by atoms with E-state index >= 15 is 0 Å². The van der Waals surface area contributed by atoms with Gasteiger partial charge in [0.25, 0.3) is 5.91 Å². The SMILES string of the molecule is CN(CCC[C@H]1CCCO1)C(=O)c1cc2c(Cl)cccc2n1C. The number of carbonyl (C=O) groups is 1. The second-order valence-electron chi connectivity index (χ2n) is 6.27. The zero-order valence-electron chi connectivity index (χ0n) is 13.7. The number of fused-ring (bicyclic) bond motifs is 1. The van der Waals surface area contributed by atoms with E-state index in [0.29, 0.717) is 16.8 Å². The van der Waals surface area contributed by atoms with Gasteiger partial charge in [-0.25, -0.2) is 0 Å². The third kappa shape index (κ3) is 3.38. The first kappa shape index (κ1) is 16.3. The summed E-state index contributed by atoms with van der Waals surface area (Å²) in [7, 11) is 3.77. The second-order valence-corrected chi connectivity index (χ2v) is 6.67. The highest BCUT2D eigenvalue weighted by Gasteiger charge is 2.19. The van der Waals surface area contributed by atoms with Crippen molar-refractivity contribution in [2.75, 3.05) is 20.2 Å². The summed E-state index contributed by atoms with van der Waals surface area (Å²) in [6, 6.07) is 7.62. The van der Waals surface area contributed by atoms with Gasteiger partial charge >= 0.3 is 0 Å². The van der Waals surface area contributed by atoms with E-state index < -0.39 is 0 Å². The molecular formula is C18H23ClN2O2. The molecule has 0 spiro atoms. The summed E-state index contributed by atoms with van der Waals surface area (Å²) in [5.41, 5.74) is 1.65. The first-order chi connectivity index (χ1) is 11.1. The maximum absolute atomic E-state index is 12.7. The normalized spacial score (nSPS) is 17.8. The molecule has 1 aliphatic rings. The summed E-state index contributed by atoms with van der Waals surface area (Å²) in [5, 5.41) is 1.60. The van der Waals surface area contributed by atoms with Crippen molar-refractivity contribution < 1.29 is 9.53 Å². The van der Waals surface area contributed by atoms with E-state index in [1.807, 2.05) is 42.9 Å². The van der Waals surface area contributed by atoms with Crippen molar-refractivity contribution in [3.05, 3.63) is 35.0 Å². The third-order valence-electron chi connectivity index (χ3n) is 4.64. The van der Waals surface area contributed by atoms with Crippen molar-refractivity contribution in [1.82, 2.24) is 9.47 Å². The number of aryl methyl sites for hydroxylation is 1. The van der Waals surface area contributed by atoms with Crippen molar-refractivity contribution >= 4 is 28.4 Å². The van der Waals surface area contributed by atoms with Crippen LogP contribution in [0.25, 0.3) is 10.9 Å². The fourth-order valence-corrected chi connectivity index (χ4v) is 3.48. The predicted molar refractivity (Wildman–Crippen MR) is 93.1 cm³/mol. The van der Waals surface area contributed by atoms with E-state index in [9.17, 15) is 4.79 Å². The first-order valence-corrected chi connectivity index (χ1v) is 8.56. The Hall–Kier alpha value is -1.52. The third-order valence-corrected chi connectivity index (χ3v) is 4.97. The number of halogens is 1. The number of nitrogens with zero attached hydrogens (tertiary/aromatic N) is 2. The standard InChI is InChI=1S/C18H23ClN2O2/c1-20(10-4-6-13-7-5-11-23-13)18(22)17-12-14-15(19)8-3-9-16(14)21(17)2/h3,8-9,12-13H,4-7,10-11H2,1-2H3/t13-/m0/s1. The lowest BCUT2D eigenvalue weighted by molar-refractivity contribution is 0.0755. The number of aromatic nitrogens is 1. The summed E-state index contributed by atoms with van der Waals surface area (Å²) in [5.74, 6) is 0.0344. The van der Waals surface area contributed by atoms with Crippen LogP contribution in [0.15, 0.2) is 24.3 Å². The number of ether oxygens (including phenoxy) is 1. The number of amides is 1. The highest BCUT2D eigenvalue weighted by molar-refractivity contribution is 6.35. The van der Waals surface area contributed by atoms with Gasteiger partial charge in [0.15, 0.2) is 0 Å². The largest absolute Gasteiger partial charge is 0.378 e. The van der Waals surface area contributed by atoms with Crippen molar-refractivity contribution in [3.63, 3.8) is 0 Å². The summed E-state index contributed by atoms with van der Waals surface area (Å²) in [4.78, 5) is 14.5. The van der Waals surface area contributed by atoms with Gasteiger partial charge in [-0.3, -0.25) is 4.79 Å². The maximum Gasteiger partial charge on any atom is 0.270 e. The Morgan fingerprint density at radius 1 is 1.48 bits per heavy atom. The van der Waals surface area contributed by atoms with Crippen LogP contribution in [-0.4, -0.2) is 41.7 Å². The molecule has 3 rings (SSSR count). The van der Waals surface area contributed by atoms with Crippen molar-refractivity contribution in [1.29, 1.82) is 0 Å².